The van der Waals surface area contributed by atoms with Crippen LogP contribution in [0.3, 0.4) is 0 Å². The van der Waals surface area contributed by atoms with Crippen molar-refractivity contribution < 1.29 is 19.5 Å². The number of guanidine groups is 1. The molecule has 0 aromatic rings. The molecule has 0 spiro atoms. The fraction of sp³-hybridized carbons (Fsp3) is 0.692. The molecule has 24 heavy (non-hydrogen) atoms. The standard InChI is InChI=1S/C13H27N7O4/c1-17-6-8(3-2-4-18-13(15)16)20-10(21)7-19-12(24)9(14)5-11(22)23/h8-9,17H,2-7,14H2,1H3,(H,19,24)(H,20,21)(H,22,23)(H4,15,16,18). The predicted octanol–water partition coefficient (Wildman–Crippen LogP) is -3.34. The van der Waals surface area contributed by atoms with Crippen molar-refractivity contribution in [1.29, 1.82) is 0 Å². The lowest BCUT2D eigenvalue weighted by molar-refractivity contribution is -0.139. The van der Waals surface area contributed by atoms with Gasteiger partial charge in [0.25, 0.3) is 0 Å². The van der Waals surface area contributed by atoms with Crippen molar-refractivity contribution >= 4 is 23.7 Å². The number of nitrogens with two attached hydrogens (primary N) is 3. The van der Waals surface area contributed by atoms with Gasteiger partial charge in [-0.05, 0) is 19.9 Å². The van der Waals surface area contributed by atoms with E-state index in [1.807, 2.05) is 0 Å². The second-order valence-electron chi connectivity index (χ2n) is 5.19. The lowest BCUT2D eigenvalue weighted by Gasteiger charge is -2.18. The van der Waals surface area contributed by atoms with E-state index < -0.39 is 30.2 Å². The molecule has 0 saturated heterocycles. The van der Waals surface area contributed by atoms with Crippen molar-refractivity contribution in [3.05, 3.63) is 0 Å². The molecular formula is C13H27N7O4. The first-order valence-electron chi connectivity index (χ1n) is 7.50. The van der Waals surface area contributed by atoms with Crippen LogP contribution in [0.15, 0.2) is 4.99 Å². The summed E-state index contributed by atoms with van der Waals surface area (Å²) >= 11 is 0. The van der Waals surface area contributed by atoms with Crippen LogP contribution in [0.4, 0.5) is 0 Å². The van der Waals surface area contributed by atoms with Crippen LogP contribution in [0.1, 0.15) is 19.3 Å². The van der Waals surface area contributed by atoms with Gasteiger partial charge < -0.3 is 38.3 Å². The minimum atomic E-state index is -1.19. The summed E-state index contributed by atoms with van der Waals surface area (Å²) in [6.45, 7) is 0.722. The number of nitrogens with one attached hydrogen (secondary N) is 3. The molecule has 0 aliphatic heterocycles. The zero-order valence-electron chi connectivity index (χ0n) is 13.7. The Bertz CT molecular complexity index is 452. The molecule has 11 heteroatoms. The number of likely N-dealkylation sites (N-methyl/N-ethyl adjacent to an activating group) is 1. The summed E-state index contributed by atoms with van der Waals surface area (Å²) in [4.78, 5) is 37.7. The van der Waals surface area contributed by atoms with E-state index in [0.717, 1.165) is 0 Å². The van der Waals surface area contributed by atoms with Gasteiger partial charge in [0.2, 0.25) is 11.8 Å². The van der Waals surface area contributed by atoms with E-state index in [0.29, 0.717) is 25.9 Å². The van der Waals surface area contributed by atoms with Gasteiger partial charge in [0.1, 0.15) is 0 Å². The van der Waals surface area contributed by atoms with Gasteiger partial charge in [0.05, 0.1) is 19.0 Å². The highest BCUT2D eigenvalue weighted by Crippen LogP contribution is 1.97. The SMILES string of the molecule is CNCC(CCCN=C(N)N)NC(=O)CNC(=O)C(N)CC(=O)O. The quantitative estimate of drug-likeness (QED) is 0.108. The summed E-state index contributed by atoms with van der Waals surface area (Å²) in [5, 5.41) is 16.6. The number of aliphatic imine (C=N–C) groups is 1. The number of carboxylic acid groups (broad SMARTS) is 1. The molecule has 2 atom stereocenters. The van der Waals surface area contributed by atoms with Crippen molar-refractivity contribution in [3.8, 4) is 0 Å². The largest absolute Gasteiger partial charge is 0.481 e. The van der Waals surface area contributed by atoms with Crippen molar-refractivity contribution in [2.24, 2.45) is 22.2 Å². The fourth-order valence-electron chi connectivity index (χ4n) is 1.88. The van der Waals surface area contributed by atoms with Gasteiger partial charge in [0.15, 0.2) is 5.96 Å². The minimum Gasteiger partial charge on any atom is -0.481 e. The first-order valence-corrected chi connectivity index (χ1v) is 7.50. The average molecular weight is 345 g/mol. The highest BCUT2D eigenvalue weighted by Gasteiger charge is 2.18. The Morgan fingerprint density at radius 1 is 1.25 bits per heavy atom. The van der Waals surface area contributed by atoms with Gasteiger partial charge in [-0.3, -0.25) is 19.4 Å². The number of rotatable bonds is 12. The van der Waals surface area contributed by atoms with Crippen molar-refractivity contribution in [1.82, 2.24) is 16.0 Å². The molecule has 0 bridgehead atoms. The Hall–Kier alpha value is -2.40. The van der Waals surface area contributed by atoms with Crippen LogP contribution in [-0.4, -0.2) is 67.6 Å². The Morgan fingerprint density at radius 2 is 1.92 bits per heavy atom. The van der Waals surface area contributed by atoms with Gasteiger partial charge in [-0.1, -0.05) is 0 Å². The third kappa shape index (κ3) is 11.2. The third-order valence-electron chi connectivity index (χ3n) is 2.98. The number of carbonyl (C=O) groups is 3. The molecule has 0 rings (SSSR count). The molecule has 138 valence electrons. The molecular weight excluding hydrogens is 318 g/mol. The van der Waals surface area contributed by atoms with E-state index in [1.165, 1.54) is 0 Å². The van der Waals surface area contributed by atoms with Crippen LogP contribution in [-0.2, 0) is 14.4 Å². The molecule has 0 aliphatic carbocycles. The zero-order valence-corrected chi connectivity index (χ0v) is 13.7. The number of hydrogen-bond donors (Lipinski definition) is 7. The van der Waals surface area contributed by atoms with E-state index in [2.05, 4.69) is 20.9 Å². The van der Waals surface area contributed by atoms with Crippen molar-refractivity contribution in [2.45, 2.75) is 31.3 Å². The van der Waals surface area contributed by atoms with Crippen LogP contribution in [0, 0.1) is 0 Å². The molecule has 0 aromatic carbocycles. The van der Waals surface area contributed by atoms with E-state index in [1.54, 1.807) is 7.05 Å². The molecule has 0 aliphatic rings. The predicted molar refractivity (Wildman–Crippen MR) is 89.0 cm³/mol. The maximum Gasteiger partial charge on any atom is 0.305 e. The molecule has 0 heterocycles. The summed E-state index contributed by atoms with van der Waals surface area (Å²) in [6, 6.07) is -1.34. The molecule has 2 unspecified atom stereocenters. The molecule has 2 amide bonds. The monoisotopic (exact) mass is 345 g/mol. The molecule has 11 nitrogen and oxygen atoms in total. The maximum absolute atomic E-state index is 11.8. The summed E-state index contributed by atoms with van der Waals surface area (Å²) < 4.78 is 0. The number of aliphatic carboxylic acids is 1. The van der Waals surface area contributed by atoms with Crippen LogP contribution in [0.5, 0.6) is 0 Å². The smallest absolute Gasteiger partial charge is 0.305 e. The first-order chi connectivity index (χ1) is 11.3. The number of hydrogen-bond acceptors (Lipinski definition) is 6. The maximum atomic E-state index is 11.8. The third-order valence-corrected chi connectivity index (χ3v) is 2.98. The van der Waals surface area contributed by atoms with Crippen LogP contribution in [0.2, 0.25) is 0 Å². The molecule has 0 aromatic heterocycles. The van der Waals surface area contributed by atoms with Crippen LogP contribution in [0.25, 0.3) is 0 Å². The van der Waals surface area contributed by atoms with Crippen molar-refractivity contribution in [3.63, 3.8) is 0 Å². The summed E-state index contributed by atoms with van der Waals surface area (Å²) in [5.74, 6) is -2.25. The molecule has 0 fully saturated rings. The summed E-state index contributed by atoms with van der Waals surface area (Å²) in [7, 11) is 1.75. The lowest BCUT2D eigenvalue weighted by Crippen LogP contribution is -2.48. The summed E-state index contributed by atoms with van der Waals surface area (Å²) in [6.07, 6.45) is 0.830. The van der Waals surface area contributed by atoms with Gasteiger partial charge in [-0.25, -0.2) is 0 Å². The average Bonchev–Trinajstić information content (AvgIpc) is 2.48. The second-order valence-corrected chi connectivity index (χ2v) is 5.19. The topological polar surface area (TPSA) is 198 Å². The van der Waals surface area contributed by atoms with Gasteiger partial charge in [-0.15, -0.1) is 0 Å². The molecule has 0 radical (unpaired) electrons. The van der Waals surface area contributed by atoms with E-state index in [-0.39, 0.29) is 18.5 Å². The Balaban J connectivity index is 4.20. The highest BCUT2D eigenvalue weighted by molar-refractivity contribution is 5.89. The number of carboxylic acids is 1. The normalized spacial score (nSPS) is 12.8. The second kappa shape index (κ2) is 12.1. The van der Waals surface area contributed by atoms with E-state index in [4.69, 9.17) is 22.3 Å². The summed E-state index contributed by atoms with van der Waals surface area (Å²) in [5.41, 5.74) is 15.9. The van der Waals surface area contributed by atoms with Crippen LogP contribution >= 0.6 is 0 Å². The van der Waals surface area contributed by atoms with Crippen molar-refractivity contribution in [2.75, 3.05) is 26.7 Å². The molecule has 0 saturated carbocycles. The van der Waals surface area contributed by atoms with Gasteiger partial charge in [-0.2, -0.15) is 0 Å². The van der Waals surface area contributed by atoms with Gasteiger partial charge in [0, 0.05) is 19.1 Å². The first kappa shape index (κ1) is 21.6. The number of nitrogens with zero attached hydrogens (tertiary/aromatic N) is 1. The van der Waals surface area contributed by atoms with Crippen LogP contribution < -0.4 is 33.2 Å². The molecule has 10 N–H and O–H groups in total. The number of carbonyl (C=O) groups excluding carboxylic acids is 2. The van der Waals surface area contributed by atoms with E-state index in [9.17, 15) is 14.4 Å². The fourth-order valence-corrected chi connectivity index (χ4v) is 1.88. The van der Waals surface area contributed by atoms with Gasteiger partial charge >= 0.3 is 5.97 Å². The zero-order chi connectivity index (χ0) is 18.5. The lowest BCUT2D eigenvalue weighted by atomic mass is 10.1. The Morgan fingerprint density at radius 3 is 2.46 bits per heavy atom. The highest BCUT2D eigenvalue weighted by atomic mass is 16.4. The minimum absolute atomic E-state index is 0.0182. The Kier molecular flexibility index (Phi) is 10.9. The number of amides is 2. The van der Waals surface area contributed by atoms with E-state index >= 15 is 0 Å². The Labute approximate surface area is 140 Å².